The van der Waals surface area contributed by atoms with Gasteiger partial charge in [-0.2, -0.15) is 0 Å². The maximum absolute atomic E-state index is 13.5. The zero-order valence-corrected chi connectivity index (χ0v) is 16.3. The number of carbonyl (C=O) groups excluding carboxylic acids is 1. The summed E-state index contributed by atoms with van der Waals surface area (Å²) in [5.74, 6) is 1.28. The molecule has 2 aliphatic rings. The molecular weight excluding hydrogens is 404 g/mol. The van der Waals surface area contributed by atoms with Gasteiger partial charge < -0.3 is 9.64 Å². The summed E-state index contributed by atoms with van der Waals surface area (Å²) in [4.78, 5) is 31.9. The lowest BCUT2D eigenvalue weighted by atomic mass is 10.0. The first-order valence-corrected chi connectivity index (χ1v) is 9.88. The van der Waals surface area contributed by atoms with Crippen molar-refractivity contribution in [3.8, 4) is 18.1 Å². The van der Waals surface area contributed by atoms with Gasteiger partial charge in [-0.25, -0.2) is 13.8 Å². The van der Waals surface area contributed by atoms with Gasteiger partial charge in [0.2, 0.25) is 0 Å². The minimum Gasteiger partial charge on any atom is -0.470 e. The van der Waals surface area contributed by atoms with Crippen molar-refractivity contribution >= 4 is 16.8 Å². The van der Waals surface area contributed by atoms with Crippen LogP contribution in [0.2, 0.25) is 0 Å². The van der Waals surface area contributed by atoms with Crippen molar-refractivity contribution < 1.29 is 18.3 Å². The molecule has 3 heterocycles. The fourth-order valence-electron chi connectivity index (χ4n) is 4.23. The molecule has 6 nitrogen and oxygen atoms in total. The van der Waals surface area contributed by atoms with E-state index in [0.29, 0.717) is 28.9 Å². The minimum absolute atomic E-state index is 0.0508. The standard InChI is InChI=1S/C23H17F2N3O3/c1-2-16(8-13-6-14(24)9-15(25)7-13)28-12-26-19-10-18-20(11-17(19)22(28)29)31-21-4-3-5-27(21)23(18)30/h1,6-7,9-12,16,21H,3-5,8H2/t16-,21?/m1/s1. The molecule has 31 heavy (non-hydrogen) atoms. The normalized spacial score (nSPS) is 18.3. The number of amides is 1. The van der Waals surface area contributed by atoms with Crippen LogP contribution in [0.5, 0.6) is 5.75 Å². The van der Waals surface area contributed by atoms with Crippen LogP contribution >= 0.6 is 0 Å². The van der Waals surface area contributed by atoms with Crippen LogP contribution in [-0.4, -0.2) is 33.1 Å². The predicted molar refractivity (Wildman–Crippen MR) is 109 cm³/mol. The third kappa shape index (κ3) is 3.22. The molecule has 0 aliphatic carbocycles. The Hall–Kier alpha value is -3.73. The Labute approximate surface area is 176 Å². The highest BCUT2D eigenvalue weighted by atomic mass is 19.1. The predicted octanol–water partition coefficient (Wildman–Crippen LogP) is 3.05. The van der Waals surface area contributed by atoms with Gasteiger partial charge in [-0.1, -0.05) is 5.92 Å². The maximum Gasteiger partial charge on any atom is 0.262 e. The Kier molecular flexibility index (Phi) is 4.47. The van der Waals surface area contributed by atoms with Crippen LogP contribution in [0.3, 0.4) is 0 Å². The van der Waals surface area contributed by atoms with Crippen LogP contribution < -0.4 is 10.3 Å². The van der Waals surface area contributed by atoms with E-state index in [0.717, 1.165) is 18.9 Å². The summed E-state index contributed by atoms with van der Waals surface area (Å²) in [5.41, 5.74) is 0.631. The Balaban J connectivity index is 1.56. The van der Waals surface area contributed by atoms with Crippen LogP contribution in [-0.2, 0) is 6.42 Å². The van der Waals surface area contributed by atoms with Crippen LogP contribution in [0, 0.1) is 24.0 Å². The highest BCUT2D eigenvalue weighted by Gasteiger charge is 2.37. The lowest BCUT2D eigenvalue weighted by Crippen LogP contribution is -2.43. The molecule has 5 rings (SSSR count). The summed E-state index contributed by atoms with van der Waals surface area (Å²) in [7, 11) is 0. The first-order chi connectivity index (χ1) is 14.9. The van der Waals surface area contributed by atoms with Gasteiger partial charge in [-0.15, -0.1) is 6.42 Å². The smallest absolute Gasteiger partial charge is 0.262 e. The molecule has 156 valence electrons. The molecule has 0 spiro atoms. The minimum atomic E-state index is -0.797. The highest BCUT2D eigenvalue weighted by molar-refractivity contribution is 6.01. The molecule has 1 unspecified atom stereocenters. The Bertz CT molecular complexity index is 1310. The van der Waals surface area contributed by atoms with Gasteiger partial charge in [0.1, 0.15) is 23.4 Å². The zero-order chi connectivity index (χ0) is 21.7. The number of benzene rings is 2. The van der Waals surface area contributed by atoms with Gasteiger partial charge >= 0.3 is 0 Å². The molecule has 1 aromatic heterocycles. The van der Waals surface area contributed by atoms with Crippen molar-refractivity contribution in [1.29, 1.82) is 0 Å². The molecule has 0 N–H and O–H groups in total. The lowest BCUT2D eigenvalue weighted by Gasteiger charge is -2.31. The SMILES string of the molecule is C#C[C@H](Cc1cc(F)cc(F)c1)n1cnc2cc3c(cc2c1=O)OC1CCCN1C3=O. The molecular formula is C23H17F2N3O3. The number of fused-ring (bicyclic) bond motifs is 3. The second-order valence-corrected chi connectivity index (χ2v) is 7.70. The van der Waals surface area contributed by atoms with E-state index in [4.69, 9.17) is 11.2 Å². The number of halogens is 2. The van der Waals surface area contributed by atoms with E-state index in [1.165, 1.54) is 29.1 Å². The van der Waals surface area contributed by atoms with E-state index in [2.05, 4.69) is 10.9 Å². The van der Waals surface area contributed by atoms with E-state index in [9.17, 15) is 18.4 Å². The third-order valence-corrected chi connectivity index (χ3v) is 5.72. The van der Waals surface area contributed by atoms with Gasteiger partial charge in [0.05, 0.1) is 22.8 Å². The number of hydrogen-bond donors (Lipinski definition) is 0. The van der Waals surface area contributed by atoms with Crippen molar-refractivity contribution in [2.45, 2.75) is 31.5 Å². The Morgan fingerprint density at radius 1 is 1.19 bits per heavy atom. The van der Waals surface area contributed by atoms with E-state index >= 15 is 0 Å². The van der Waals surface area contributed by atoms with Crippen molar-refractivity contribution in [1.82, 2.24) is 14.5 Å². The van der Waals surface area contributed by atoms with E-state index < -0.39 is 23.2 Å². The molecule has 0 radical (unpaired) electrons. The van der Waals surface area contributed by atoms with Crippen LogP contribution in [0.25, 0.3) is 10.9 Å². The number of aromatic nitrogens is 2. The van der Waals surface area contributed by atoms with Gasteiger partial charge in [-0.05, 0) is 36.2 Å². The number of terminal acetylenes is 1. The fourth-order valence-corrected chi connectivity index (χ4v) is 4.23. The molecule has 1 saturated heterocycles. The summed E-state index contributed by atoms with van der Waals surface area (Å²) < 4.78 is 34.3. The summed E-state index contributed by atoms with van der Waals surface area (Å²) in [6.45, 7) is 0.639. The summed E-state index contributed by atoms with van der Waals surface area (Å²) in [6, 6.07) is 5.41. The molecule has 1 fully saturated rings. The average Bonchev–Trinajstić information content (AvgIpc) is 3.20. The topological polar surface area (TPSA) is 64.4 Å². The highest BCUT2D eigenvalue weighted by Crippen LogP contribution is 2.34. The van der Waals surface area contributed by atoms with Crippen LogP contribution in [0.1, 0.15) is 34.8 Å². The summed E-state index contributed by atoms with van der Waals surface area (Å²) in [5, 5.41) is 0.256. The van der Waals surface area contributed by atoms with Gasteiger partial charge in [0.25, 0.3) is 11.5 Å². The molecule has 0 bridgehead atoms. The molecule has 2 aromatic carbocycles. The van der Waals surface area contributed by atoms with Crippen molar-refractivity contribution in [2.75, 3.05) is 6.54 Å². The summed E-state index contributed by atoms with van der Waals surface area (Å²) >= 11 is 0. The monoisotopic (exact) mass is 421 g/mol. The van der Waals surface area contributed by atoms with E-state index in [1.807, 2.05) is 0 Å². The molecule has 2 aliphatic heterocycles. The third-order valence-electron chi connectivity index (χ3n) is 5.72. The molecule has 0 saturated carbocycles. The number of hydrogen-bond acceptors (Lipinski definition) is 4. The molecule has 1 amide bonds. The van der Waals surface area contributed by atoms with Crippen LogP contribution in [0.4, 0.5) is 8.78 Å². The Morgan fingerprint density at radius 3 is 2.71 bits per heavy atom. The number of rotatable bonds is 3. The van der Waals surface area contributed by atoms with E-state index in [-0.39, 0.29) is 23.9 Å². The number of ether oxygens (including phenoxy) is 1. The van der Waals surface area contributed by atoms with Gasteiger partial charge in [0, 0.05) is 25.5 Å². The number of nitrogens with zero attached hydrogens (tertiary/aromatic N) is 3. The fraction of sp³-hybridized carbons (Fsp3) is 0.261. The first-order valence-electron chi connectivity index (χ1n) is 9.88. The maximum atomic E-state index is 13.5. The molecule has 2 atom stereocenters. The first kappa shape index (κ1) is 19.2. The largest absolute Gasteiger partial charge is 0.470 e. The average molecular weight is 421 g/mol. The van der Waals surface area contributed by atoms with Crippen molar-refractivity contribution in [3.05, 3.63) is 69.8 Å². The molecule has 3 aromatic rings. The molecule has 8 heteroatoms. The second-order valence-electron chi connectivity index (χ2n) is 7.70. The zero-order valence-electron chi connectivity index (χ0n) is 16.3. The second kappa shape index (κ2) is 7.20. The van der Waals surface area contributed by atoms with Crippen molar-refractivity contribution in [3.63, 3.8) is 0 Å². The summed E-state index contributed by atoms with van der Waals surface area (Å²) in [6.07, 6.45) is 8.25. The van der Waals surface area contributed by atoms with Crippen molar-refractivity contribution in [2.24, 2.45) is 0 Å². The number of carbonyl (C=O) groups is 1. The van der Waals surface area contributed by atoms with Gasteiger partial charge in [-0.3, -0.25) is 14.2 Å². The van der Waals surface area contributed by atoms with E-state index in [1.54, 1.807) is 11.0 Å². The van der Waals surface area contributed by atoms with Crippen LogP contribution in [0.15, 0.2) is 41.5 Å². The Morgan fingerprint density at radius 2 is 1.97 bits per heavy atom. The van der Waals surface area contributed by atoms with Gasteiger partial charge in [0.15, 0.2) is 6.23 Å². The quantitative estimate of drug-likeness (QED) is 0.610. The lowest BCUT2D eigenvalue weighted by molar-refractivity contribution is 0.0295.